The minimum absolute atomic E-state index is 0.0118. The van der Waals surface area contributed by atoms with Crippen molar-refractivity contribution in [2.75, 3.05) is 18.5 Å². The number of likely N-dealkylation sites (N-methyl/N-ethyl adjacent to an activating group) is 1. The molecule has 0 spiro atoms. The number of aromatic amines is 1. The molecule has 1 atom stereocenters. The fraction of sp³-hybridized carbons (Fsp3) is 0.250. The highest BCUT2D eigenvalue weighted by Crippen LogP contribution is 2.31. The fourth-order valence-corrected chi connectivity index (χ4v) is 2.42. The van der Waals surface area contributed by atoms with E-state index in [9.17, 15) is 5.11 Å². The molecule has 0 aliphatic rings. The number of aromatic nitrogens is 5. The van der Waals surface area contributed by atoms with Crippen molar-refractivity contribution in [3.63, 3.8) is 0 Å². The van der Waals surface area contributed by atoms with Gasteiger partial charge in [0, 0.05) is 37.0 Å². The summed E-state index contributed by atoms with van der Waals surface area (Å²) >= 11 is 0. The number of hydrogen-bond donors (Lipinski definition) is 3. The molecule has 8 nitrogen and oxygen atoms in total. The maximum atomic E-state index is 10.3. The van der Waals surface area contributed by atoms with E-state index in [1.165, 1.54) is 0 Å². The lowest BCUT2D eigenvalue weighted by atomic mass is 10.0. The first kappa shape index (κ1) is 15.9. The van der Waals surface area contributed by atoms with Crippen molar-refractivity contribution < 1.29 is 5.11 Å². The minimum atomic E-state index is 0.0118. The van der Waals surface area contributed by atoms with Gasteiger partial charge in [-0.1, -0.05) is 6.07 Å². The van der Waals surface area contributed by atoms with Gasteiger partial charge < -0.3 is 15.7 Å². The first-order chi connectivity index (χ1) is 11.5. The molecule has 2 aromatic heterocycles. The number of phenols is 1. The molecular formula is C16H19N7O. The Hall–Kier alpha value is -3.00. The topological polar surface area (TPSA) is 117 Å². The van der Waals surface area contributed by atoms with Crippen LogP contribution in [-0.4, -0.2) is 50.1 Å². The lowest BCUT2D eigenvalue weighted by Gasteiger charge is -2.18. The van der Waals surface area contributed by atoms with Crippen molar-refractivity contribution in [2.24, 2.45) is 5.73 Å². The van der Waals surface area contributed by atoms with Crippen LogP contribution >= 0.6 is 0 Å². The number of hydrogen-bond acceptors (Lipinski definition) is 7. The van der Waals surface area contributed by atoms with Crippen molar-refractivity contribution >= 4 is 5.95 Å². The van der Waals surface area contributed by atoms with Crippen LogP contribution in [0.5, 0.6) is 5.75 Å². The molecule has 3 aromatic rings. The zero-order valence-corrected chi connectivity index (χ0v) is 13.5. The van der Waals surface area contributed by atoms with Gasteiger partial charge in [-0.2, -0.15) is 5.10 Å². The van der Waals surface area contributed by atoms with Gasteiger partial charge in [-0.05, 0) is 24.6 Å². The molecule has 0 fully saturated rings. The van der Waals surface area contributed by atoms with Crippen LogP contribution in [-0.2, 0) is 0 Å². The number of aromatic hydroxyl groups is 1. The molecule has 4 N–H and O–H groups in total. The summed E-state index contributed by atoms with van der Waals surface area (Å²) in [5.41, 5.74) is 8.60. The summed E-state index contributed by atoms with van der Waals surface area (Å²) in [7, 11) is 1.86. The van der Waals surface area contributed by atoms with Crippen molar-refractivity contribution in [1.29, 1.82) is 0 Å². The van der Waals surface area contributed by atoms with E-state index < -0.39 is 0 Å². The largest absolute Gasteiger partial charge is 0.507 e. The third-order valence-electron chi connectivity index (χ3n) is 3.56. The Bertz CT molecular complexity index is 800. The monoisotopic (exact) mass is 325 g/mol. The van der Waals surface area contributed by atoms with Crippen LogP contribution in [0.4, 0.5) is 5.95 Å². The Labute approximate surface area is 139 Å². The normalized spacial score (nSPS) is 12.1. The molecule has 3 rings (SSSR count). The number of benzene rings is 1. The van der Waals surface area contributed by atoms with Crippen LogP contribution in [0.3, 0.4) is 0 Å². The van der Waals surface area contributed by atoms with E-state index >= 15 is 0 Å². The summed E-state index contributed by atoms with van der Waals surface area (Å²) in [6.07, 6.45) is 5.05. The molecule has 0 saturated heterocycles. The van der Waals surface area contributed by atoms with Crippen molar-refractivity contribution in [3.8, 4) is 28.1 Å². The Morgan fingerprint density at radius 2 is 2.08 bits per heavy atom. The van der Waals surface area contributed by atoms with E-state index in [2.05, 4.69) is 25.4 Å². The second-order valence-corrected chi connectivity index (χ2v) is 5.72. The average Bonchev–Trinajstić information content (AvgIpc) is 3.09. The molecule has 0 amide bonds. The maximum Gasteiger partial charge on any atom is 0.245 e. The molecule has 0 unspecified atom stereocenters. The van der Waals surface area contributed by atoms with Gasteiger partial charge in [0.25, 0.3) is 0 Å². The standard InChI is InChI=1S/C16H19N7O/c1-10(17)9-23(2)16-18-8-14(21-22-16)13-4-3-11(5-15(13)24)12-6-19-20-7-12/h3-8,10,24H,9,17H2,1-2H3,(H,19,20)/t10-/m0/s1. The van der Waals surface area contributed by atoms with Crippen molar-refractivity contribution in [1.82, 2.24) is 25.4 Å². The number of nitrogens with zero attached hydrogens (tertiary/aromatic N) is 5. The zero-order valence-electron chi connectivity index (χ0n) is 13.5. The van der Waals surface area contributed by atoms with Gasteiger partial charge in [0.05, 0.1) is 12.4 Å². The number of phenolic OH excluding ortho intramolecular Hbond substituents is 1. The van der Waals surface area contributed by atoms with E-state index in [1.807, 2.05) is 24.9 Å². The molecule has 0 bridgehead atoms. The van der Waals surface area contributed by atoms with Crippen LogP contribution in [0.15, 0.2) is 36.8 Å². The van der Waals surface area contributed by atoms with Gasteiger partial charge in [-0.25, -0.2) is 4.98 Å². The van der Waals surface area contributed by atoms with E-state index in [-0.39, 0.29) is 11.8 Å². The van der Waals surface area contributed by atoms with Gasteiger partial charge in [0.2, 0.25) is 5.95 Å². The van der Waals surface area contributed by atoms with Crippen LogP contribution in [0.2, 0.25) is 0 Å². The molecule has 24 heavy (non-hydrogen) atoms. The summed E-state index contributed by atoms with van der Waals surface area (Å²) < 4.78 is 0. The van der Waals surface area contributed by atoms with Gasteiger partial charge >= 0.3 is 0 Å². The Balaban J connectivity index is 1.84. The fourth-order valence-electron chi connectivity index (χ4n) is 2.42. The molecule has 124 valence electrons. The van der Waals surface area contributed by atoms with Crippen LogP contribution in [0.25, 0.3) is 22.4 Å². The summed E-state index contributed by atoms with van der Waals surface area (Å²) in [6, 6.07) is 5.35. The third kappa shape index (κ3) is 3.33. The summed E-state index contributed by atoms with van der Waals surface area (Å²) in [5.74, 6) is 0.604. The number of rotatable bonds is 5. The predicted octanol–water partition coefficient (Wildman–Crippen LogP) is 1.42. The molecule has 0 aliphatic carbocycles. The quantitative estimate of drug-likeness (QED) is 0.649. The minimum Gasteiger partial charge on any atom is -0.507 e. The van der Waals surface area contributed by atoms with E-state index in [4.69, 9.17) is 5.73 Å². The first-order valence-corrected chi connectivity index (χ1v) is 7.53. The molecule has 0 radical (unpaired) electrons. The highest BCUT2D eigenvalue weighted by molar-refractivity contribution is 5.73. The number of anilines is 1. The lowest BCUT2D eigenvalue weighted by molar-refractivity contribution is 0.477. The lowest BCUT2D eigenvalue weighted by Crippen LogP contribution is -2.33. The van der Waals surface area contributed by atoms with Crippen LogP contribution < -0.4 is 10.6 Å². The van der Waals surface area contributed by atoms with E-state index in [0.717, 1.165) is 11.1 Å². The first-order valence-electron chi connectivity index (χ1n) is 7.53. The Morgan fingerprint density at radius 3 is 2.67 bits per heavy atom. The van der Waals surface area contributed by atoms with Crippen molar-refractivity contribution in [2.45, 2.75) is 13.0 Å². The highest BCUT2D eigenvalue weighted by Gasteiger charge is 2.12. The second-order valence-electron chi connectivity index (χ2n) is 5.72. The molecule has 0 saturated carbocycles. The van der Waals surface area contributed by atoms with Gasteiger partial charge in [-0.15, -0.1) is 10.2 Å². The van der Waals surface area contributed by atoms with Gasteiger partial charge in [-0.3, -0.25) is 5.10 Å². The third-order valence-corrected chi connectivity index (χ3v) is 3.56. The smallest absolute Gasteiger partial charge is 0.245 e. The number of H-pyrrole nitrogens is 1. The molecule has 1 aromatic carbocycles. The zero-order chi connectivity index (χ0) is 17.1. The van der Waals surface area contributed by atoms with Gasteiger partial charge in [0.15, 0.2) is 0 Å². The molecule has 0 aliphatic heterocycles. The van der Waals surface area contributed by atoms with E-state index in [1.54, 1.807) is 30.7 Å². The molecular weight excluding hydrogens is 306 g/mol. The Morgan fingerprint density at radius 1 is 1.25 bits per heavy atom. The highest BCUT2D eigenvalue weighted by atomic mass is 16.3. The van der Waals surface area contributed by atoms with Crippen molar-refractivity contribution in [3.05, 3.63) is 36.8 Å². The molecule has 2 heterocycles. The summed E-state index contributed by atoms with van der Waals surface area (Å²) in [5, 5.41) is 25.2. The SMILES string of the molecule is C[C@H](N)CN(C)c1ncc(-c2ccc(-c3cn[nH]c3)cc2O)nn1. The second kappa shape index (κ2) is 6.63. The number of nitrogens with two attached hydrogens (primary N) is 1. The van der Waals surface area contributed by atoms with Gasteiger partial charge in [0.1, 0.15) is 11.4 Å². The molecule has 8 heteroatoms. The summed E-state index contributed by atoms with van der Waals surface area (Å²) in [4.78, 5) is 6.13. The number of nitrogens with one attached hydrogen (secondary N) is 1. The predicted molar refractivity (Wildman–Crippen MR) is 91.4 cm³/mol. The average molecular weight is 325 g/mol. The Kier molecular flexibility index (Phi) is 4.39. The van der Waals surface area contributed by atoms with Crippen LogP contribution in [0, 0.1) is 0 Å². The van der Waals surface area contributed by atoms with Crippen LogP contribution in [0.1, 0.15) is 6.92 Å². The summed E-state index contributed by atoms with van der Waals surface area (Å²) in [6.45, 7) is 2.55. The van der Waals surface area contributed by atoms with E-state index in [0.29, 0.717) is 23.8 Å². The maximum absolute atomic E-state index is 10.3.